The topological polar surface area (TPSA) is 41.9 Å². The van der Waals surface area contributed by atoms with E-state index in [-0.39, 0.29) is 5.41 Å². The van der Waals surface area contributed by atoms with E-state index in [0.717, 1.165) is 22.5 Å². The van der Waals surface area contributed by atoms with Gasteiger partial charge in [0, 0.05) is 26.3 Å². The minimum atomic E-state index is -0.320. The predicted molar refractivity (Wildman–Crippen MR) is 220 cm³/mol. The normalized spacial score (nSPS) is 13.9. The van der Waals surface area contributed by atoms with E-state index < -0.39 is 0 Å². The number of anilines is 3. The van der Waals surface area contributed by atoms with Gasteiger partial charge in [0.05, 0.1) is 11.4 Å². The van der Waals surface area contributed by atoms with Gasteiger partial charge in [0.15, 0.2) is 11.6 Å². The SMILES string of the molecule is CC1(C)c2cc3c4ccccc4c4ccccc4c3cc2-c2ccc3c(c21)N(c1nc(-c2ccccc2)nc(-c2ccccc2)n1)c1ccccc1S3. The minimum Gasteiger partial charge on any atom is -0.276 e. The van der Waals surface area contributed by atoms with Crippen molar-refractivity contribution in [1.29, 1.82) is 0 Å². The molecule has 0 atom stereocenters. The second-order valence-corrected chi connectivity index (χ2v) is 15.5. The Bertz CT molecular complexity index is 2900. The molecular weight excluding hydrogens is 665 g/mol. The standard InChI is InChI=1S/C48H32N4S/c1-48(2)39-28-37-34-22-12-10-20-32(34)31-19-9-11-21-33(31)36(37)27-38(39)35-25-26-42-44(43(35)48)52(40-23-13-14-24-41(40)53-42)47-50-45(29-15-5-3-6-16-29)49-46(51-47)30-17-7-4-8-18-30/h3-28H,1-2H3. The molecule has 1 aromatic heterocycles. The first-order valence-corrected chi connectivity index (χ1v) is 18.9. The monoisotopic (exact) mass is 696 g/mol. The van der Waals surface area contributed by atoms with E-state index in [9.17, 15) is 0 Å². The van der Waals surface area contributed by atoms with Crippen LogP contribution < -0.4 is 4.90 Å². The molecule has 1 aliphatic carbocycles. The van der Waals surface area contributed by atoms with Gasteiger partial charge >= 0.3 is 0 Å². The highest BCUT2D eigenvalue weighted by Crippen LogP contribution is 2.61. The number of aromatic nitrogens is 3. The Morgan fingerprint density at radius 1 is 0.472 bits per heavy atom. The second kappa shape index (κ2) is 11.3. The van der Waals surface area contributed by atoms with Crippen LogP contribution in [-0.2, 0) is 5.41 Å². The first-order valence-electron chi connectivity index (χ1n) is 18.0. The van der Waals surface area contributed by atoms with Gasteiger partial charge in [-0.25, -0.2) is 4.98 Å². The summed E-state index contributed by atoms with van der Waals surface area (Å²) in [6, 6.07) is 56.3. The van der Waals surface area contributed by atoms with E-state index in [1.165, 1.54) is 64.4 Å². The third kappa shape index (κ3) is 4.47. The number of para-hydroxylation sites is 1. The Kier molecular flexibility index (Phi) is 6.50. The third-order valence-electron chi connectivity index (χ3n) is 11.0. The summed E-state index contributed by atoms with van der Waals surface area (Å²) in [5, 5.41) is 7.73. The lowest BCUT2D eigenvalue weighted by molar-refractivity contribution is 0.659. The maximum atomic E-state index is 5.28. The van der Waals surface area contributed by atoms with Crippen molar-refractivity contribution in [3.8, 4) is 33.9 Å². The molecule has 5 heteroatoms. The van der Waals surface area contributed by atoms with Gasteiger partial charge in [-0.2, -0.15) is 9.97 Å². The lowest BCUT2D eigenvalue weighted by atomic mass is 9.80. The summed E-state index contributed by atoms with van der Waals surface area (Å²) in [5.74, 6) is 1.90. The summed E-state index contributed by atoms with van der Waals surface area (Å²) in [6.45, 7) is 4.77. The molecule has 0 fully saturated rings. The fraction of sp³-hybridized carbons (Fsp3) is 0.0625. The molecule has 0 unspecified atom stereocenters. The summed E-state index contributed by atoms with van der Waals surface area (Å²) in [4.78, 5) is 20.3. The summed E-state index contributed by atoms with van der Waals surface area (Å²) in [5.41, 5.74) is 8.95. The fourth-order valence-corrected chi connectivity index (χ4v) is 9.70. The number of fused-ring (bicyclic) bond motifs is 12. The summed E-state index contributed by atoms with van der Waals surface area (Å²) in [7, 11) is 0. The van der Waals surface area contributed by atoms with Crippen molar-refractivity contribution in [2.24, 2.45) is 0 Å². The molecule has 0 radical (unpaired) electrons. The smallest absolute Gasteiger partial charge is 0.238 e. The molecule has 0 bridgehead atoms. The van der Waals surface area contributed by atoms with Gasteiger partial charge in [-0.05, 0) is 84.9 Å². The van der Waals surface area contributed by atoms with Crippen molar-refractivity contribution in [3.05, 3.63) is 169 Å². The zero-order chi connectivity index (χ0) is 35.3. The molecule has 2 aliphatic rings. The van der Waals surface area contributed by atoms with Crippen LogP contribution in [0.1, 0.15) is 25.0 Å². The molecule has 8 aromatic carbocycles. The van der Waals surface area contributed by atoms with Crippen molar-refractivity contribution < 1.29 is 0 Å². The molecule has 0 N–H and O–H groups in total. The lowest BCUT2D eigenvalue weighted by Gasteiger charge is -2.36. The number of hydrogen-bond donors (Lipinski definition) is 0. The molecule has 9 aromatic rings. The van der Waals surface area contributed by atoms with Gasteiger partial charge in [-0.3, -0.25) is 4.90 Å². The van der Waals surface area contributed by atoms with Crippen molar-refractivity contribution in [3.63, 3.8) is 0 Å². The Morgan fingerprint density at radius 3 is 1.62 bits per heavy atom. The maximum Gasteiger partial charge on any atom is 0.238 e. The van der Waals surface area contributed by atoms with E-state index in [0.29, 0.717) is 17.6 Å². The van der Waals surface area contributed by atoms with Crippen LogP contribution in [0.3, 0.4) is 0 Å². The van der Waals surface area contributed by atoms with Gasteiger partial charge in [0.1, 0.15) is 0 Å². The van der Waals surface area contributed by atoms with Crippen molar-refractivity contribution in [2.45, 2.75) is 29.1 Å². The molecular formula is C48H32N4S. The molecule has 250 valence electrons. The zero-order valence-corrected chi connectivity index (χ0v) is 30.0. The van der Waals surface area contributed by atoms with Crippen LogP contribution >= 0.6 is 11.8 Å². The maximum absolute atomic E-state index is 5.28. The van der Waals surface area contributed by atoms with Gasteiger partial charge in [-0.15, -0.1) is 0 Å². The van der Waals surface area contributed by atoms with E-state index in [1.54, 1.807) is 0 Å². The van der Waals surface area contributed by atoms with Gasteiger partial charge in [0.25, 0.3) is 0 Å². The average Bonchev–Trinajstić information content (AvgIpc) is 3.45. The van der Waals surface area contributed by atoms with E-state index in [1.807, 2.05) is 48.2 Å². The average molecular weight is 697 g/mol. The van der Waals surface area contributed by atoms with E-state index in [4.69, 9.17) is 15.0 Å². The van der Waals surface area contributed by atoms with Crippen LogP contribution in [0.15, 0.2) is 168 Å². The third-order valence-corrected chi connectivity index (χ3v) is 12.2. The molecule has 0 spiro atoms. The van der Waals surface area contributed by atoms with Crippen LogP contribution in [-0.4, -0.2) is 15.0 Å². The van der Waals surface area contributed by atoms with Gasteiger partial charge < -0.3 is 0 Å². The Labute approximate surface area is 311 Å². The highest BCUT2D eigenvalue weighted by Gasteiger charge is 2.43. The predicted octanol–water partition coefficient (Wildman–Crippen LogP) is 12.9. The number of hydrogen-bond acceptors (Lipinski definition) is 5. The van der Waals surface area contributed by atoms with Crippen molar-refractivity contribution >= 4 is 61.4 Å². The van der Waals surface area contributed by atoms with Crippen molar-refractivity contribution in [2.75, 3.05) is 4.90 Å². The lowest BCUT2D eigenvalue weighted by Crippen LogP contribution is -2.24. The summed E-state index contributed by atoms with van der Waals surface area (Å²) >= 11 is 1.82. The number of nitrogens with zero attached hydrogens (tertiary/aromatic N) is 4. The highest BCUT2D eigenvalue weighted by molar-refractivity contribution is 7.99. The molecule has 53 heavy (non-hydrogen) atoms. The van der Waals surface area contributed by atoms with Crippen LogP contribution in [0.25, 0.3) is 66.2 Å². The molecule has 11 rings (SSSR count). The molecule has 0 saturated heterocycles. The minimum absolute atomic E-state index is 0.320. The molecule has 2 heterocycles. The number of benzene rings is 8. The molecule has 4 nitrogen and oxygen atoms in total. The summed E-state index contributed by atoms with van der Waals surface area (Å²) < 4.78 is 0. The Hall–Kier alpha value is -6.30. The van der Waals surface area contributed by atoms with E-state index in [2.05, 4.69) is 140 Å². The molecule has 1 aliphatic heterocycles. The highest BCUT2D eigenvalue weighted by atomic mass is 32.2. The summed E-state index contributed by atoms with van der Waals surface area (Å²) in [6.07, 6.45) is 0. The van der Waals surface area contributed by atoms with E-state index >= 15 is 0 Å². The van der Waals surface area contributed by atoms with Crippen LogP contribution in [0, 0.1) is 0 Å². The Morgan fingerprint density at radius 2 is 1.00 bits per heavy atom. The van der Waals surface area contributed by atoms with Crippen LogP contribution in [0.5, 0.6) is 0 Å². The first kappa shape index (κ1) is 30.3. The second-order valence-electron chi connectivity index (χ2n) is 14.4. The Balaban J connectivity index is 1.20. The fourth-order valence-electron chi connectivity index (χ4n) is 8.63. The van der Waals surface area contributed by atoms with Crippen molar-refractivity contribution in [1.82, 2.24) is 15.0 Å². The van der Waals surface area contributed by atoms with Crippen LogP contribution in [0.4, 0.5) is 17.3 Å². The zero-order valence-electron chi connectivity index (χ0n) is 29.2. The number of rotatable bonds is 3. The van der Waals surface area contributed by atoms with Gasteiger partial charge in [-0.1, -0.05) is 153 Å². The first-order chi connectivity index (χ1) is 26.0. The quantitative estimate of drug-likeness (QED) is 0.172. The van der Waals surface area contributed by atoms with Gasteiger partial charge in [0.2, 0.25) is 5.95 Å². The largest absolute Gasteiger partial charge is 0.276 e. The molecule has 0 amide bonds. The van der Waals surface area contributed by atoms with Crippen LogP contribution in [0.2, 0.25) is 0 Å². The molecule has 0 saturated carbocycles.